The number of rotatable bonds is 7. The molecule has 0 fully saturated rings. The van der Waals surface area contributed by atoms with Crippen LogP contribution in [0.25, 0.3) is 0 Å². The van der Waals surface area contributed by atoms with Crippen LogP contribution in [0.15, 0.2) is 6.33 Å². The number of carboxylic acid groups (broad SMARTS) is 1. The van der Waals surface area contributed by atoms with Crippen LogP contribution < -0.4 is 5.32 Å². The number of nitrogens with one attached hydrogen (secondary N) is 1. The summed E-state index contributed by atoms with van der Waals surface area (Å²) in [5.74, 6) is -0.337. The van der Waals surface area contributed by atoms with Crippen molar-refractivity contribution in [2.75, 3.05) is 6.54 Å². The minimum absolute atomic E-state index is 0.0230. The lowest BCUT2D eigenvalue weighted by Crippen LogP contribution is -2.25. The van der Waals surface area contributed by atoms with Gasteiger partial charge in [0.25, 0.3) is 0 Å². The predicted octanol–water partition coefficient (Wildman–Crippen LogP) is -0.271. The smallest absolute Gasteiger partial charge is 0.303 e. The van der Waals surface area contributed by atoms with E-state index >= 15 is 0 Å². The van der Waals surface area contributed by atoms with E-state index in [1.807, 2.05) is 0 Å². The molecule has 17 heavy (non-hydrogen) atoms. The van der Waals surface area contributed by atoms with Crippen molar-refractivity contribution < 1.29 is 14.7 Å². The van der Waals surface area contributed by atoms with E-state index in [2.05, 4.69) is 15.4 Å². The highest BCUT2D eigenvalue weighted by Crippen LogP contribution is 1.95. The number of aryl methyl sites for hydroxylation is 1. The Hall–Kier alpha value is -1.92. The molecule has 1 heterocycles. The van der Waals surface area contributed by atoms with Crippen LogP contribution in [0, 0.1) is 0 Å². The minimum atomic E-state index is -0.879. The molecule has 7 nitrogen and oxygen atoms in total. The lowest BCUT2D eigenvalue weighted by atomic mass is 10.2. The Bertz CT molecular complexity index is 389. The maximum Gasteiger partial charge on any atom is 0.303 e. The van der Waals surface area contributed by atoms with Crippen molar-refractivity contribution in [3.63, 3.8) is 0 Å². The van der Waals surface area contributed by atoms with E-state index in [0.717, 1.165) is 0 Å². The van der Waals surface area contributed by atoms with Crippen LogP contribution in [0.5, 0.6) is 0 Å². The SMILES string of the molecule is Cn1cnc(CCNC(=O)CCCC(=O)O)n1. The summed E-state index contributed by atoms with van der Waals surface area (Å²) in [6.07, 6.45) is 2.80. The molecule has 0 atom stereocenters. The second-order valence-corrected chi connectivity index (χ2v) is 3.68. The molecule has 0 radical (unpaired) electrons. The minimum Gasteiger partial charge on any atom is -0.481 e. The van der Waals surface area contributed by atoms with Gasteiger partial charge in [0, 0.05) is 32.9 Å². The van der Waals surface area contributed by atoms with E-state index < -0.39 is 5.97 Å². The fourth-order valence-electron chi connectivity index (χ4n) is 1.30. The molecule has 0 spiro atoms. The summed E-state index contributed by atoms with van der Waals surface area (Å²) in [5, 5.41) is 15.2. The second-order valence-electron chi connectivity index (χ2n) is 3.68. The first-order valence-corrected chi connectivity index (χ1v) is 5.41. The first-order chi connectivity index (χ1) is 8.08. The number of aliphatic carboxylic acids is 1. The van der Waals surface area contributed by atoms with Gasteiger partial charge >= 0.3 is 5.97 Å². The van der Waals surface area contributed by atoms with E-state index in [4.69, 9.17) is 5.11 Å². The highest BCUT2D eigenvalue weighted by Gasteiger charge is 2.04. The maximum absolute atomic E-state index is 11.3. The molecular formula is C10H16N4O3. The molecule has 0 saturated heterocycles. The van der Waals surface area contributed by atoms with Crippen LogP contribution in [0.4, 0.5) is 0 Å². The Morgan fingerprint density at radius 1 is 1.47 bits per heavy atom. The first kappa shape index (κ1) is 13.1. The molecule has 0 saturated carbocycles. The molecule has 1 amide bonds. The topological polar surface area (TPSA) is 97.1 Å². The van der Waals surface area contributed by atoms with Gasteiger partial charge in [-0.05, 0) is 6.42 Å². The number of hydrogen-bond donors (Lipinski definition) is 2. The van der Waals surface area contributed by atoms with Crippen molar-refractivity contribution in [1.29, 1.82) is 0 Å². The average Bonchev–Trinajstić information content (AvgIpc) is 2.63. The summed E-state index contributed by atoms with van der Waals surface area (Å²) >= 11 is 0. The van der Waals surface area contributed by atoms with Crippen molar-refractivity contribution in [2.45, 2.75) is 25.7 Å². The number of aromatic nitrogens is 3. The summed E-state index contributed by atoms with van der Waals surface area (Å²) in [6.45, 7) is 0.468. The Kier molecular flexibility index (Phi) is 5.12. The zero-order valence-corrected chi connectivity index (χ0v) is 9.72. The monoisotopic (exact) mass is 240 g/mol. The third kappa shape index (κ3) is 5.64. The highest BCUT2D eigenvalue weighted by atomic mass is 16.4. The van der Waals surface area contributed by atoms with Gasteiger partial charge in [0.1, 0.15) is 6.33 Å². The van der Waals surface area contributed by atoms with Gasteiger partial charge in [-0.3, -0.25) is 14.3 Å². The molecule has 1 rings (SSSR count). The largest absolute Gasteiger partial charge is 0.481 e. The van der Waals surface area contributed by atoms with Gasteiger partial charge in [0.05, 0.1) is 0 Å². The molecule has 0 aliphatic heterocycles. The lowest BCUT2D eigenvalue weighted by Gasteiger charge is -2.02. The zero-order chi connectivity index (χ0) is 12.7. The number of nitrogens with zero attached hydrogens (tertiary/aromatic N) is 3. The molecule has 0 aromatic carbocycles. The molecule has 0 aliphatic rings. The molecule has 0 aliphatic carbocycles. The van der Waals surface area contributed by atoms with E-state index in [-0.39, 0.29) is 18.7 Å². The van der Waals surface area contributed by atoms with Gasteiger partial charge in [-0.2, -0.15) is 5.10 Å². The fourth-order valence-corrected chi connectivity index (χ4v) is 1.30. The zero-order valence-electron chi connectivity index (χ0n) is 9.72. The van der Waals surface area contributed by atoms with Crippen LogP contribution in [0.1, 0.15) is 25.1 Å². The number of hydrogen-bond acceptors (Lipinski definition) is 4. The van der Waals surface area contributed by atoms with Crippen LogP contribution in [0.3, 0.4) is 0 Å². The summed E-state index contributed by atoms with van der Waals surface area (Å²) in [6, 6.07) is 0. The van der Waals surface area contributed by atoms with E-state index in [0.29, 0.717) is 25.2 Å². The number of amides is 1. The standard InChI is InChI=1S/C10H16N4O3/c1-14-7-12-8(13-14)5-6-11-9(15)3-2-4-10(16)17/h7H,2-6H2,1H3,(H,11,15)(H,16,17). The van der Waals surface area contributed by atoms with Gasteiger partial charge in [-0.25, -0.2) is 4.98 Å². The van der Waals surface area contributed by atoms with Crippen molar-refractivity contribution in [2.24, 2.45) is 7.05 Å². The van der Waals surface area contributed by atoms with Crippen molar-refractivity contribution in [3.8, 4) is 0 Å². The average molecular weight is 240 g/mol. The van der Waals surface area contributed by atoms with Crippen molar-refractivity contribution in [1.82, 2.24) is 20.1 Å². The quantitative estimate of drug-likeness (QED) is 0.683. The molecule has 2 N–H and O–H groups in total. The van der Waals surface area contributed by atoms with Crippen molar-refractivity contribution in [3.05, 3.63) is 12.2 Å². The van der Waals surface area contributed by atoms with Gasteiger partial charge < -0.3 is 10.4 Å². The first-order valence-electron chi connectivity index (χ1n) is 5.41. The predicted molar refractivity (Wildman–Crippen MR) is 59.2 cm³/mol. The van der Waals surface area contributed by atoms with Gasteiger partial charge in [0.2, 0.25) is 5.91 Å². The number of carboxylic acids is 1. The number of carbonyl (C=O) groups excluding carboxylic acids is 1. The van der Waals surface area contributed by atoms with Gasteiger partial charge in [0.15, 0.2) is 5.82 Å². The normalized spacial score (nSPS) is 10.2. The van der Waals surface area contributed by atoms with Crippen LogP contribution in [-0.2, 0) is 23.1 Å². The third-order valence-electron chi connectivity index (χ3n) is 2.11. The Morgan fingerprint density at radius 2 is 2.24 bits per heavy atom. The summed E-state index contributed by atoms with van der Waals surface area (Å²) in [5.41, 5.74) is 0. The molecular weight excluding hydrogens is 224 g/mol. The maximum atomic E-state index is 11.3. The van der Waals surface area contributed by atoms with Crippen LogP contribution in [-0.4, -0.2) is 38.3 Å². The summed E-state index contributed by atoms with van der Waals surface area (Å²) in [4.78, 5) is 25.5. The number of carbonyl (C=O) groups is 2. The Labute approximate surface area is 98.8 Å². The Balaban J connectivity index is 2.10. The van der Waals surface area contributed by atoms with Crippen LogP contribution in [0.2, 0.25) is 0 Å². The fraction of sp³-hybridized carbons (Fsp3) is 0.600. The molecule has 0 bridgehead atoms. The third-order valence-corrected chi connectivity index (χ3v) is 2.11. The Morgan fingerprint density at radius 3 is 2.82 bits per heavy atom. The van der Waals surface area contributed by atoms with Crippen molar-refractivity contribution >= 4 is 11.9 Å². The summed E-state index contributed by atoms with van der Waals surface area (Å²) in [7, 11) is 1.78. The van der Waals surface area contributed by atoms with E-state index in [1.165, 1.54) is 0 Å². The molecule has 7 heteroatoms. The lowest BCUT2D eigenvalue weighted by molar-refractivity contribution is -0.137. The summed E-state index contributed by atoms with van der Waals surface area (Å²) < 4.78 is 1.60. The van der Waals surface area contributed by atoms with Gasteiger partial charge in [-0.15, -0.1) is 0 Å². The molecule has 1 aromatic rings. The van der Waals surface area contributed by atoms with Gasteiger partial charge in [-0.1, -0.05) is 0 Å². The molecule has 0 unspecified atom stereocenters. The molecule has 94 valence electrons. The van der Waals surface area contributed by atoms with E-state index in [1.54, 1.807) is 18.1 Å². The van der Waals surface area contributed by atoms with Crippen LogP contribution >= 0.6 is 0 Å². The van der Waals surface area contributed by atoms with E-state index in [9.17, 15) is 9.59 Å². The molecule has 1 aromatic heterocycles. The second kappa shape index (κ2) is 6.62. The highest BCUT2D eigenvalue weighted by molar-refractivity contribution is 5.76.